The third-order valence-corrected chi connectivity index (χ3v) is 4.77. The zero-order valence-corrected chi connectivity index (χ0v) is 14.6. The lowest BCUT2D eigenvalue weighted by Gasteiger charge is -2.33. The molecule has 6 nitrogen and oxygen atoms in total. The Balaban J connectivity index is 1.36. The number of carbonyl (C=O) groups excluding carboxylic acids is 2. The Kier molecular flexibility index (Phi) is 4.66. The zero-order valence-electron chi connectivity index (χ0n) is 14.6. The number of ether oxygens (including phenoxy) is 2. The molecule has 1 amide bonds. The van der Waals surface area contributed by atoms with Gasteiger partial charge < -0.3 is 19.7 Å². The third-order valence-electron chi connectivity index (χ3n) is 4.77. The number of hydrogen-bond donors (Lipinski definition) is 1. The fourth-order valence-corrected chi connectivity index (χ4v) is 3.49. The Labute approximate surface area is 155 Å². The topological polar surface area (TPSA) is 67.9 Å². The fourth-order valence-electron chi connectivity index (χ4n) is 3.49. The highest BCUT2D eigenvalue weighted by atomic mass is 19.1. The van der Waals surface area contributed by atoms with Crippen molar-refractivity contribution in [3.8, 4) is 5.75 Å². The highest BCUT2D eigenvalue weighted by Gasteiger charge is 2.36. The molecule has 0 bridgehead atoms. The molecule has 0 aliphatic carbocycles. The normalized spacial score (nSPS) is 17.7. The number of amides is 1. The Hall–Kier alpha value is -3.09. The van der Waals surface area contributed by atoms with Gasteiger partial charge in [-0.1, -0.05) is 12.1 Å². The number of nitrogens with zero attached hydrogens (tertiary/aromatic N) is 1. The molecule has 0 saturated carbocycles. The zero-order chi connectivity index (χ0) is 18.8. The summed E-state index contributed by atoms with van der Waals surface area (Å²) in [5.41, 5.74) is 1.89. The number of benzene rings is 2. The summed E-state index contributed by atoms with van der Waals surface area (Å²) in [5, 5.41) is 2.87. The van der Waals surface area contributed by atoms with Crippen LogP contribution in [0.1, 0.15) is 23.2 Å². The molecule has 1 N–H and O–H groups in total. The van der Waals surface area contributed by atoms with Crippen molar-refractivity contribution < 1.29 is 23.5 Å². The molecule has 0 unspecified atom stereocenters. The van der Waals surface area contributed by atoms with Crippen LogP contribution in [0.2, 0.25) is 0 Å². The molecule has 27 heavy (non-hydrogen) atoms. The Morgan fingerprint density at radius 2 is 2.07 bits per heavy atom. The molecule has 0 radical (unpaired) electrons. The van der Waals surface area contributed by atoms with E-state index in [0.717, 1.165) is 25.1 Å². The Bertz CT molecular complexity index is 886. The van der Waals surface area contributed by atoms with Gasteiger partial charge in [-0.05, 0) is 43.2 Å². The van der Waals surface area contributed by atoms with Crippen LogP contribution in [-0.4, -0.2) is 37.7 Å². The fraction of sp³-hybridized carbons (Fsp3) is 0.300. The summed E-state index contributed by atoms with van der Waals surface area (Å²) >= 11 is 0. The summed E-state index contributed by atoms with van der Waals surface area (Å²) in [5.74, 6) is -0.906. The van der Waals surface area contributed by atoms with E-state index in [9.17, 15) is 14.0 Å². The number of esters is 1. The molecule has 1 atom stereocenters. The largest absolute Gasteiger partial charge is 0.487 e. The minimum atomic E-state index is -0.521. The minimum Gasteiger partial charge on any atom is -0.487 e. The van der Waals surface area contributed by atoms with Crippen molar-refractivity contribution >= 4 is 23.3 Å². The smallest absolute Gasteiger partial charge is 0.338 e. The molecule has 7 heteroatoms. The molecule has 2 aliphatic rings. The van der Waals surface area contributed by atoms with Gasteiger partial charge in [0.2, 0.25) is 5.91 Å². The Morgan fingerprint density at radius 3 is 2.93 bits per heavy atom. The van der Waals surface area contributed by atoms with Gasteiger partial charge in [-0.2, -0.15) is 0 Å². The summed E-state index contributed by atoms with van der Waals surface area (Å²) < 4.78 is 23.9. The van der Waals surface area contributed by atoms with Gasteiger partial charge in [0.05, 0.1) is 16.9 Å². The maximum Gasteiger partial charge on any atom is 0.338 e. The van der Waals surface area contributed by atoms with E-state index >= 15 is 0 Å². The first-order valence-corrected chi connectivity index (χ1v) is 8.89. The van der Waals surface area contributed by atoms with Crippen LogP contribution in [0.15, 0.2) is 42.5 Å². The average Bonchev–Trinajstić information content (AvgIpc) is 3.17. The van der Waals surface area contributed by atoms with Crippen LogP contribution < -0.4 is 15.0 Å². The van der Waals surface area contributed by atoms with Crippen LogP contribution in [0.25, 0.3) is 0 Å². The summed E-state index contributed by atoms with van der Waals surface area (Å²) in [6.07, 6.45) is 1.82. The molecule has 2 aromatic rings. The lowest BCUT2D eigenvalue weighted by atomic mass is 10.1. The van der Waals surface area contributed by atoms with Crippen LogP contribution in [0.4, 0.5) is 15.8 Å². The highest BCUT2D eigenvalue weighted by Crippen LogP contribution is 2.37. The van der Waals surface area contributed by atoms with Gasteiger partial charge in [0, 0.05) is 6.54 Å². The summed E-state index contributed by atoms with van der Waals surface area (Å²) in [4.78, 5) is 26.5. The monoisotopic (exact) mass is 370 g/mol. The van der Waals surface area contributed by atoms with E-state index in [2.05, 4.69) is 10.2 Å². The van der Waals surface area contributed by atoms with Gasteiger partial charge in [0.25, 0.3) is 0 Å². The second-order valence-corrected chi connectivity index (χ2v) is 6.49. The molecule has 2 heterocycles. The number of rotatable bonds is 5. The lowest BCUT2D eigenvalue weighted by Crippen LogP contribution is -2.43. The molecular weight excluding hydrogens is 351 g/mol. The van der Waals surface area contributed by atoms with Gasteiger partial charge >= 0.3 is 5.97 Å². The maximum atomic E-state index is 13.5. The molecule has 0 spiro atoms. The standard InChI is InChI=1S/C20H19FN2O4/c21-14-4-1-2-6-18(14)26-10-11-27-20(25)13-7-8-16-15(12-13)22-19(24)17-5-3-9-23(16)17/h1-2,4,6-8,12,17H,3,5,9-11H2,(H,22,24)/t17-/m1/s1. The van der Waals surface area contributed by atoms with Crippen molar-refractivity contribution in [2.75, 3.05) is 30.0 Å². The highest BCUT2D eigenvalue weighted by molar-refractivity contribution is 6.05. The van der Waals surface area contributed by atoms with Crippen molar-refractivity contribution in [3.05, 3.63) is 53.8 Å². The summed E-state index contributed by atoms with van der Waals surface area (Å²) in [6.45, 7) is 0.872. The van der Waals surface area contributed by atoms with Gasteiger partial charge in [-0.3, -0.25) is 4.79 Å². The maximum absolute atomic E-state index is 13.5. The number of halogens is 1. The number of anilines is 2. The first kappa shape index (κ1) is 17.3. The van der Waals surface area contributed by atoms with Gasteiger partial charge in [-0.25, -0.2) is 9.18 Å². The van der Waals surface area contributed by atoms with Gasteiger partial charge in [0.1, 0.15) is 19.3 Å². The third kappa shape index (κ3) is 3.45. The second kappa shape index (κ2) is 7.26. The average molecular weight is 370 g/mol. The van der Waals surface area contributed by atoms with E-state index in [1.54, 1.807) is 24.3 Å². The van der Waals surface area contributed by atoms with E-state index in [4.69, 9.17) is 9.47 Å². The number of para-hydroxylation sites is 1. The number of hydrogen-bond acceptors (Lipinski definition) is 5. The van der Waals surface area contributed by atoms with Crippen molar-refractivity contribution in [2.24, 2.45) is 0 Å². The predicted octanol–water partition coefficient (Wildman–Crippen LogP) is 2.98. The molecular formula is C20H19FN2O4. The van der Waals surface area contributed by atoms with E-state index < -0.39 is 11.8 Å². The van der Waals surface area contributed by atoms with E-state index in [0.29, 0.717) is 11.3 Å². The molecule has 0 aromatic heterocycles. The Morgan fingerprint density at radius 1 is 1.22 bits per heavy atom. The van der Waals surface area contributed by atoms with Crippen LogP contribution in [0.3, 0.4) is 0 Å². The molecule has 4 rings (SSSR count). The summed E-state index contributed by atoms with van der Waals surface area (Å²) in [6, 6.07) is 11.1. The predicted molar refractivity (Wildman–Crippen MR) is 97.6 cm³/mol. The molecule has 2 aliphatic heterocycles. The molecule has 1 saturated heterocycles. The van der Waals surface area contributed by atoms with Crippen LogP contribution in [0, 0.1) is 5.82 Å². The van der Waals surface area contributed by atoms with Gasteiger partial charge in [-0.15, -0.1) is 0 Å². The SMILES string of the molecule is O=C(OCCOc1ccccc1F)c1ccc2c(c1)NC(=O)[C@H]1CCCN21. The van der Waals surface area contributed by atoms with E-state index in [1.165, 1.54) is 12.1 Å². The molecule has 1 fully saturated rings. The van der Waals surface area contributed by atoms with Crippen molar-refractivity contribution in [1.82, 2.24) is 0 Å². The van der Waals surface area contributed by atoms with Crippen molar-refractivity contribution in [2.45, 2.75) is 18.9 Å². The second-order valence-electron chi connectivity index (χ2n) is 6.49. The molecule has 140 valence electrons. The minimum absolute atomic E-state index is 0.00912. The lowest BCUT2D eigenvalue weighted by molar-refractivity contribution is -0.117. The summed E-state index contributed by atoms with van der Waals surface area (Å²) in [7, 11) is 0. The quantitative estimate of drug-likeness (QED) is 0.647. The number of fused-ring (bicyclic) bond motifs is 3. The first-order valence-electron chi connectivity index (χ1n) is 8.89. The number of nitrogens with one attached hydrogen (secondary N) is 1. The molecule has 2 aromatic carbocycles. The van der Waals surface area contributed by atoms with E-state index in [-0.39, 0.29) is 30.9 Å². The van der Waals surface area contributed by atoms with Gasteiger partial charge in [0.15, 0.2) is 11.6 Å². The van der Waals surface area contributed by atoms with Crippen LogP contribution >= 0.6 is 0 Å². The van der Waals surface area contributed by atoms with Crippen molar-refractivity contribution in [1.29, 1.82) is 0 Å². The van der Waals surface area contributed by atoms with Crippen LogP contribution in [-0.2, 0) is 9.53 Å². The first-order chi connectivity index (χ1) is 13.1. The number of carbonyl (C=O) groups is 2. The van der Waals surface area contributed by atoms with E-state index in [1.807, 2.05) is 6.07 Å². The van der Waals surface area contributed by atoms with Crippen LogP contribution in [0.5, 0.6) is 5.75 Å². The van der Waals surface area contributed by atoms with Crippen molar-refractivity contribution in [3.63, 3.8) is 0 Å².